The molecule has 1 atom stereocenters. The minimum absolute atomic E-state index is 0.0309. The molecule has 0 unspecified atom stereocenters. The molecule has 0 radical (unpaired) electrons. The van der Waals surface area contributed by atoms with Crippen molar-refractivity contribution in [2.45, 2.75) is 25.5 Å². The van der Waals surface area contributed by atoms with Crippen LogP contribution in [0.15, 0.2) is 54.0 Å². The van der Waals surface area contributed by atoms with Crippen LogP contribution in [0.2, 0.25) is 0 Å². The van der Waals surface area contributed by atoms with Crippen LogP contribution in [0.3, 0.4) is 0 Å². The van der Waals surface area contributed by atoms with Crippen LogP contribution in [0, 0.1) is 0 Å². The molecule has 1 aliphatic rings. The molecule has 27 heavy (non-hydrogen) atoms. The number of carbonyl (C=O) groups is 1. The molecule has 3 aromatic rings. The van der Waals surface area contributed by atoms with Crippen LogP contribution < -0.4 is 10.3 Å². The normalized spacial score (nSPS) is 17.0. The summed E-state index contributed by atoms with van der Waals surface area (Å²) in [5.41, 5.74) is 0.419. The number of likely N-dealkylation sites (tertiary alicyclic amines) is 1. The molecule has 0 bridgehead atoms. The lowest BCUT2D eigenvalue weighted by molar-refractivity contribution is -0.134. The Bertz CT molecular complexity index is 1000. The maximum Gasteiger partial charge on any atom is 0.261 e. The van der Waals surface area contributed by atoms with Crippen LogP contribution in [0.4, 0.5) is 0 Å². The highest BCUT2D eigenvalue weighted by atomic mass is 16.5. The van der Waals surface area contributed by atoms with Gasteiger partial charge in [0.25, 0.3) is 5.56 Å². The number of ether oxygens (including phenoxy) is 1. The fourth-order valence-corrected chi connectivity index (χ4v) is 3.24. The number of nitrogens with zero attached hydrogens (tertiary/aromatic N) is 5. The largest absolute Gasteiger partial charge is 0.472 e. The summed E-state index contributed by atoms with van der Waals surface area (Å²) in [6, 6.07) is 8.81. The highest BCUT2D eigenvalue weighted by molar-refractivity contribution is 5.79. The van der Waals surface area contributed by atoms with Crippen molar-refractivity contribution in [3.63, 3.8) is 0 Å². The molecule has 2 aromatic heterocycles. The van der Waals surface area contributed by atoms with E-state index in [2.05, 4.69) is 15.0 Å². The zero-order valence-corrected chi connectivity index (χ0v) is 14.7. The number of carbonyl (C=O) groups excluding carboxylic acids is 1. The third kappa shape index (κ3) is 3.79. The molecule has 138 valence electrons. The number of amides is 1. The van der Waals surface area contributed by atoms with Gasteiger partial charge in [-0.15, -0.1) is 0 Å². The lowest BCUT2D eigenvalue weighted by Gasteiger charge is -2.32. The van der Waals surface area contributed by atoms with Gasteiger partial charge in [0.2, 0.25) is 11.8 Å². The number of aromatic nitrogens is 4. The Morgan fingerprint density at radius 1 is 1.22 bits per heavy atom. The van der Waals surface area contributed by atoms with E-state index in [1.165, 1.54) is 17.2 Å². The first-order chi connectivity index (χ1) is 13.2. The van der Waals surface area contributed by atoms with Gasteiger partial charge in [0.1, 0.15) is 19.0 Å². The van der Waals surface area contributed by atoms with Crippen LogP contribution in [0.25, 0.3) is 10.9 Å². The molecular formula is C19H19N5O3. The van der Waals surface area contributed by atoms with Gasteiger partial charge in [-0.2, -0.15) is 0 Å². The predicted octanol–water partition coefficient (Wildman–Crippen LogP) is 1.26. The fourth-order valence-electron chi connectivity index (χ4n) is 3.24. The predicted molar refractivity (Wildman–Crippen MR) is 98.3 cm³/mol. The Kier molecular flexibility index (Phi) is 4.78. The molecule has 0 aliphatic carbocycles. The molecule has 8 nitrogen and oxygen atoms in total. The fraction of sp³-hybridized carbons (Fsp3) is 0.316. The average Bonchev–Trinajstić information content (AvgIpc) is 2.71. The third-order valence-electron chi connectivity index (χ3n) is 4.61. The molecule has 1 aliphatic heterocycles. The molecule has 8 heteroatoms. The molecule has 1 saturated heterocycles. The van der Waals surface area contributed by atoms with Gasteiger partial charge in [0.15, 0.2) is 0 Å². The maximum absolute atomic E-state index is 12.7. The van der Waals surface area contributed by atoms with E-state index in [0.29, 0.717) is 29.9 Å². The molecule has 3 heterocycles. The van der Waals surface area contributed by atoms with Crippen molar-refractivity contribution in [2.24, 2.45) is 0 Å². The Labute approximate surface area is 155 Å². The second-order valence-electron chi connectivity index (χ2n) is 6.46. The van der Waals surface area contributed by atoms with E-state index in [1.54, 1.807) is 35.4 Å². The summed E-state index contributed by atoms with van der Waals surface area (Å²) < 4.78 is 7.20. The summed E-state index contributed by atoms with van der Waals surface area (Å²) >= 11 is 0. The average molecular weight is 365 g/mol. The van der Waals surface area contributed by atoms with Gasteiger partial charge in [0.05, 0.1) is 23.8 Å². The van der Waals surface area contributed by atoms with E-state index in [0.717, 1.165) is 12.8 Å². The van der Waals surface area contributed by atoms with E-state index in [4.69, 9.17) is 4.74 Å². The first-order valence-electron chi connectivity index (χ1n) is 8.85. The second kappa shape index (κ2) is 7.53. The molecule has 1 aromatic carbocycles. The van der Waals surface area contributed by atoms with Crippen molar-refractivity contribution < 1.29 is 9.53 Å². The lowest BCUT2D eigenvalue weighted by Crippen LogP contribution is -2.46. The van der Waals surface area contributed by atoms with Crippen molar-refractivity contribution in [3.05, 3.63) is 59.5 Å². The monoisotopic (exact) mass is 365 g/mol. The van der Waals surface area contributed by atoms with E-state index >= 15 is 0 Å². The van der Waals surface area contributed by atoms with Gasteiger partial charge >= 0.3 is 0 Å². The lowest BCUT2D eigenvalue weighted by atomic mass is 10.1. The van der Waals surface area contributed by atoms with Gasteiger partial charge in [-0.05, 0) is 25.0 Å². The summed E-state index contributed by atoms with van der Waals surface area (Å²) in [7, 11) is 0. The summed E-state index contributed by atoms with van der Waals surface area (Å²) in [6.07, 6.45) is 6.05. The topological polar surface area (TPSA) is 90.2 Å². The number of benzene rings is 1. The standard InChI is InChI=1S/C19H19N5O3/c25-18(11-24-13-22-16-6-2-1-5-15(16)19(24)26)23-9-3-4-14(10-23)27-17-7-8-20-12-21-17/h1-2,5-8,12-14H,3-4,9-11H2/t14-/m0/s1. The number of fused-ring (bicyclic) bond motifs is 1. The highest BCUT2D eigenvalue weighted by Gasteiger charge is 2.25. The molecular weight excluding hydrogens is 346 g/mol. The van der Waals surface area contributed by atoms with Crippen LogP contribution >= 0.6 is 0 Å². The van der Waals surface area contributed by atoms with Crippen molar-refractivity contribution in [1.29, 1.82) is 0 Å². The third-order valence-corrected chi connectivity index (χ3v) is 4.61. The Morgan fingerprint density at radius 3 is 2.96 bits per heavy atom. The van der Waals surface area contributed by atoms with Gasteiger partial charge in [-0.25, -0.2) is 15.0 Å². The van der Waals surface area contributed by atoms with E-state index in [9.17, 15) is 9.59 Å². The zero-order valence-electron chi connectivity index (χ0n) is 14.7. The Morgan fingerprint density at radius 2 is 2.11 bits per heavy atom. The second-order valence-corrected chi connectivity index (χ2v) is 6.46. The molecule has 4 rings (SSSR count). The van der Waals surface area contributed by atoms with Crippen LogP contribution in [-0.4, -0.2) is 49.5 Å². The van der Waals surface area contributed by atoms with Crippen molar-refractivity contribution in [2.75, 3.05) is 13.1 Å². The van der Waals surface area contributed by atoms with Gasteiger partial charge in [0, 0.05) is 18.8 Å². The quantitative estimate of drug-likeness (QED) is 0.691. The van der Waals surface area contributed by atoms with Crippen LogP contribution in [-0.2, 0) is 11.3 Å². The summed E-state index contributed by atoms with van der Waals surface area (Å²) in [5.74, 6) is 0.379. The molecule has 0 spiro atoms. The first-order valence-corrected chi connectivity index (χ1v) is 8.85. The minimum atomic E-state index is -0.209. The number of para-hydroxylation sites is 1. The summed E-state index contributed by atoms with van der Waals surface area (Å²) in [4.78, 5) is 39.2. The summed E-state index contributed by atoms with van der Waals surface area (Å²) in [5, 5.41) is 0.511. The van der Waals surface area contributed by atoms with Crippen LogP contribution in [0.5, 0.6) is 5.88 Å². The summed E-state index contributed by atoms with van der Waals surface area (Å²) in [6.45, 7) is 1.09. The zero-order chi connectivity index (χ0) is 18.6. The Hall–Kier alpha value is -3.29. The van der Waals surface area contributed by atoms with Crippen molar-refractivity contribution >= 4 is 16.8 Å². The van der Waals surface area contributed by atoms with Gasteiger partial charge in [-0.1, -0.05) is 12.1 Å². The SMILES string of the molecule is O=C(Cn1cnc2ccccc2c1=O)N1CCC[C@H](Oc2ccncn2)C1. The molecule has 1 fully saturated rings. The molecule has 1 amide bonds. The van der Waals surface area contributed by atoms with E-state index in [1.807, 2.05) is 6.07 Å². The minimum Gasteiger partial charge on any atom is -0.472 e. The number of hydrogen-bond acceptors (Lipinski definition) is 6. The van der Waals surface area contributed by atoms with Crippen molar-refractivity contribution in [1.82, 2.24) is 24.4 Å². The van der Waals surface area contributed by atoms with E-state index < -0.39 is 0 Å². The molecule has 0 saturated carbocycles. The maximum atomic E-state index is 12.7. The number of rotatable bonds is 4. The van der Waals surface area contributed by atoms with Crippen LogP contribution in [0.1, 0.15) is 12.8 Å². The molecule has 0 N–H and O–H groups in total. The van der Waals surface area contributed by atoms with E-state index in [-0.39, 0.29) is 24.1 Å². The number of piperidine rings is 1. The Balaban J connectivity index is 1.45. The highest BCUT2D eigenvalue weighted by Crippen LogP contribution is 2.16. The van der Waals surface area contributed by atoms with Gasteiger partial charge < -0.3 is 9.64 Å². The van der Waals surface area contributed by atoms with Gasteiger partial charge in [-0.3, -0.25) is 14.2 Å². The first kappa shape index (κ1) is 17.1. The van der Waals surface area contributed by atoms with Crippen molar-refractivity contribution in [3.8, 4) is 5.88 Å². The smallest absolute Gasteiger partial charge is 0.261 e. The number of hydrogen-bond donors (Lipinski definition) is 0.